The molecule has 20 heavy (non-hydrogen) atoms. The second-order valence-corrected chi connectivity index (χ2v) is 6.55. The van der Waals surface area contributed by atoms with Crippen LogP contribution in [0.2, 0.25) is 0 Å². The van der Waals surface area contributed by atoms with E-state index in [1.165, 1.54) is 42.2 Å². The number of rotatable bonds is 9. The summed E-state index contributed by atoms with van der Waals surface area (Å²) in [5.74, 6) is 0. The van der Waals surface area contributed by atoms with Gasteiger partial charge in [-0.1, -0.05) is 6.92 Å². The van der Waals surface area contributed by atoms with Crippen molar-refractivity contribution in [2.24, 2.45) is 0 Å². The molecule has 0 aliphatic carbocycles. The average molecular weight is 297 g/mol. The van der Waals surface area contributed by atoms with Crippen LogP contribution in [0.3, 0.4) is 0 Å². The Morgan fingerprint density at radius 2 is 2.15 bits per heavy atom. The van der Waals surface area contributed by atoms with Gasteiger partial charge in [0.1, 0.15) is 0 Å². The Hall–Kier alpha value is -0.490. The third-order valence-corrected chi connectivity index (χ3v) is 4.81. The zero-order valence-electron chi connectivity index (χ0n) is 12.8. The van der Waals surface area contributed by atoms with E-state index in [0.29, 0.717) is 6.61 Å². The van der Waals surface area contributed by atoms with E-state index in [4.69, 9.17) is 9.72 Å². The van der Waals surface area contributed by atoms with Crippen LogP contribution in [0.5, 0.6) is 0 Å². The molecule has 0 atom stereocenters. The lowest BCUT2D eigenvalue weighted by atomic mass is 10.3. The Kier molecular flexibility index (Phi) is 6.93. The topological polar surface area (TPSA) is 37.4 Å². The van der Waals surface area contributed by atoms with E-state index >= 15 is 0 Å². The highest BCUT2D eigenvalue weighted by molar-refractivity contribution is 7.11. The standard InChI is InChI=1S/C15H27N3OS/c1-3-7-16-11-14-13(12-19-2)17-15(20-14)6-10-18-8-4-5-9-18/h16H,3-12H2,1-2H3. The molecule has 1 aromatic rings. The zero-order valence-corrected chi connectivity index (χ0v) is 13.6. The van der Waals surface area contributed by atoms with Crippen molar-refractivity contribution in [2.45, 2.75) is 45.8 Å². The van der Waals surface area contributed by atoms with Crippen molar-refractivity contribution in [3.05, 3.63) is 15.6 Å². The smallest absolute Gasteiger partial charge is 0.0945 e. The average Bonchev–Trinajstić information content (AvgIpc) is 3.07. The van der Waals surface area contributed by atoms with Crippen LogP contribution in [0.1, 0.15) is 41.8 Å². The van der Waals surface area contributed by atoms with Crippen LogP contribution in [-0.4, -0.2) is 43.2 Å². The minimum Gasteiger partial charge on any atom is -0.378 e. The van der Waals surface area contributed by atoms with Gasteiger partial charge in [0.15, 0.2) is 0 Å². The second kappa shape index (κ2) is 8.72. The number of aromatic nitrogens is 1. The van der Waals surface area contributed by atoms with Gasteiger partial charge in [-0.15, -0.1) is 11.3 Å². The van der Waals surface area contributed by atoms with E-state index in [1.54, 1.807) is 7.11 Å². The van der Waals surface area contributed by atoms with Gasteiger partial charge in [-0.2, -0.15) is 0 Å². The largest absolute Gasteiger partial charge is 0.378 e. The Labute approximate surface area is 126 Å². The fourth-order valence-corrected chi connectivity index (χ4v) is 3.60. The van der Waals surface area contributed by atoms with E-state index in [1.807, 2.05) is 11.3 Å². The SMILES string of the molecule is CCCNCc1sc(CCN2CCCC2)nc1COC. The van der Waals surface area contributed by atoms with Crippen molar-refractivity contribution >= 4 is 11.3 Å². The molecule has 1 fully saturated rings. The number of nitrogens with zero attached hydrogens (tertiary/aromatic N) is 2. The highest BCUT2D eigenvalue weighted by Gasteiger charge is 2.14. The molecule has 0 amide bonds. The van der Waals surface area contributed by atoms with E-state index in [0.717, 1.165) is 31.7 Å². The molecule has 2 heterocycles. The van der Waals surface area contributed by atoms with Gasteiger partial charge in [0.05, 0.1) is 17.3 Å². The van der Waals surface area contributed by atoms with Gasteiger partial charge in [-0.3, -0.25) is 0 Å². The molecule has 1 saturated heterocycles. The van der Waals surface area contributed by atoms with E-state index in [2.05, 4.69) is 17.1 Å². The van der Waals surface area contributed by atoms with Crippen LogP contribution in [0.15, 0.2) is 0 Å². The minimum absolute atomic E-state index is 0.628. The Balaban J connectivity index is 1.88. The van der Waals surface area contributed by atoms with E-state index in [9.17, 15) is 0 Å². The summed E-state index contributed by atoms with van der Waals surface area (Å²) >= 11 is 1.85. The lowest BCUT2D eigenvalue weighted by Crippen LogP contribution is -2.21. The van der Waals surface area contributed by atoms with Gasteiger partial charge in [0.2, 0.25) is 0 Å². The quantitative estimate of drug-likeness (QED) is 0.710. The molecular formula is C15H27N3OS. The van der Waals surface area contributed by atoms with Crippen molar-refractivity contribution in [3.63, 3.8) is 0 Å². The molecule has 0 radical (unpaired) electrons. The fourth-order valence-electron chi connectivity index (χ4n) is 2.57. The fraction of sp³-hybridized carbons (Fsp3) is 0.800. The maximum Gasteiger partial charge on any atom is 0.0945 e. The molecular weight excluding hydrogens is 270 g/mol. The summed E-state index contributed by atoms with van der Waals surface area (Å²) in [5.41, 5.74) is 1.12. The summed E-state index contributed by atoms with van der Waals surface area (Å²) in [5, 5.41) is 4.73. The Bertz CT molecular complexity index is 388. The van der Waals surface area contributed by atoms with Gasteiger partial charge in [0.25, 0.3) is 0 Å². The predicted molar refractivity (Wildman–Crippen MR) is 84.2 cm³/mol. The van der Waals surface area contributed by atoms with Gasteiger partial charge in [0, 0.05) is 31.5 Å². The summed E-state index contributed by atoms with van der Waals surface area (Å²) in [6, 6.07) is 0. The van der Waals surface area contributed by atoms with Gasteiger partial charge >= 0.3 is 0 Å². The van der Waals surface area contributed by atoms with Crippen molar-refractivity contribution in [1.29, 1.82) is 0 Å². The molecule has 0 unspecified atom stereocenters. The van der Waals surface area contributed by atoms with Crippen molar-refractivity contribution in [2.75, 3.05) is 33.3 Å². The maximum absolute atomic E-state index is 5.27. The molecule has 0 bridgehead atoms. The number of ether oxygens (including phenoxy) is 1. The number of hydrogen-bond donors (Lipinski definition) is 1. The van der Waals surface area contributed by atoms with Crippen LogP contribution >= 0.6 is 11.3 Å². The van der Waals surface area contributed by atoms with Gasteiger partial charge < -0.3 is 15.0 Å². The first kappa shape index (κ1) is 15.9. The third kappa shape index (κ3) is 4.81. The number of nitrogens with one attached hydrogen (secondary N) is 1. The van der Waals surface area contributed by atoms with Crippen molar-refractivity contribution in [1.82, 2.24) is 15.2 Å². The summed E-state index contributed by atoms with van der Waals surface area (Å²) in [4.78, 5) is 8.66. The minimum atomic E-state index is 0.628. The summed E-state index contributed by atoms with van der Waals surface area (Å²) in [7, 11) is 1.74. The molecule has 1 aromatic heterocycles. The van der Waals surface area contributed by atoms with Crippen molar-refractivity contribution in [3.8, 4) is 0 Å². The summed E-state index contributed by atoms with van der Waals surface area (Å²) < 4.78 is 5.27. The van der Waals surface area contributed by atoms with Crippen molar-refractivity contribution < 1.29 is 4.74 Å². The number of hydrogen-bond acceptors (Lipinski definition) is 5. The molecule has 0 saturated carbocycles. The highest BCUT2D eigenvalue weighted by atomic mass is 32.1. The molecule has 1 aliphatic rings. The first-order valence-electron chi connectivity index (χ1n) is 7.73. The Morgan fingerprint density at radius 1 is 1.35 bits per heavy atom. The third-order valence-electron chi connectivity index (χ3n) is 3.66. The zero-order chi connectivity index (χ0) is 14.2. The van der Waals surface area contributed by atoms with Crippen LogP contribution in [-0.2, 0) is 24.3 Å². The summed E-state index contributed by atoms with van der Waals surface area (Å²) in [6.45, 7) is 8.49. The highest BCUT2D eigenvalue weighted by Crippen LogP contribution is 2.21. The van der Waals surface area contributed by atoms with E-state index in [-0.39, 0.29) is 0 Å². The van der Waals surface area contributed by atoms with E-state index < -0.39 is 0 Å². The number of thiazole rings is 1. The molecule has 5 heteroatoms. The molecule has 0 spiro atoms. The maximum atomic E-state index is 5.27. The first-order chi connectivity index (χ1) is 9.83. The first-order valence-corrected chi connectivity index (χ1v) is 8.54. The normalized spacial score (nSPS) is 16.1. The van der Waals surface area contributed by atoms with Crippen LogP contribution < -0.4 is 5.32 Å². The van der Waals surface area contributed by atoms with Crippen LogP contribution in [0.25, 0.3) is 0 Å². The molecule has 1 aliphatic heterocycles. The van der Waals surface area contributed by atoms with Crippen LogP contribution in [0, 0.1) is 0 Å². The van der Waals surface area contributed by atoms with Gasteiger partial charge in [-0.05, 0) is 38.9 Å². The number of likely N-dealkylation sites (tertiary alicyclic amines) is 1. The molecule has 1 N–H and O–H groups in total. The van der Waals surface area contributed by atoms with Crippen LogP contribution in [0.4, 0.5) is 0 Å². The number of methoxy groups -OCH3 is 1. The predicted octanol–water partition coefficient (Wildman–Crippen LogP) is 2.43. The molecule has 4 nitrogen and oxygen atoms in total. The molecule has 114 valence electrons. The molecule has 0 aromatic carbocycles. The second-order valence-electron chi connectivity index (χ2n) is 5.39. The monoisotopic (exact) mass is 297 g/mol. The lowest BCUT2D eigenvalue weighted by molar-refractivity contribution is 0.181. The summed E-state index contributed by atoms with van der Waals surface area (Å²) in [6.07, 6.45) is 4.97. The Morgan fingerprint density at radius 3 is 2.85 bits per heavy atom. The van der Waals surface area contributed by atoms with Gasteiger partial charge in [-0.25, -0.2) is 4.98 Å². The lowest BCUT2D eigenvalue weighted by Gasteiger charge is -2.12. The molecule has 2 rings (SSSR count).